The molecule has 2 aromatic carbocycles. The summed E-state index contributed by atoms with van der Waals surface area (Å²) < 4.78 is 4.64. The topological polar surface area (TPSA) is 67.4 Å². The van der Waals surface area contributed by atoms with E-state index >= 15 is 0 Å². The summed E-state index contributed by atoms with van der Waals surface area (Å²) in [7, 11) is 1.33. The molecule has 0 bridgehead atoms. The number of nitrogens with one attached hydrogen (secondary N) is 2. The molecule has 0 aromatic heterocycles. The van der Waals surface area contributed by atoms with E-state index in [1.807, 2.05) is 0 Å². The average molecular weight is 333 g/mol. The first-order valence-electron chi connectivity index (χ1n) is 7.01. The molecular weight excluding hydrogens is 316 g/mol. The van der Waals surface area contributed by atoms with Gasteiger partial charge in [0.05, 0.1) is 12.7 Å². The van der Waals surface area contributed by atoms with Crippen molar-refractivity contribution in [3.63, 3.8) is 0 Å². The molecule has 2 N–H and O–H groups in total. The molecule has 0 aliphatic carbocycles. The number of hydrogen-bond acceptors (Lipinski definition) is 4. The second-order valence-corrected chi connectivity index (χ2v) is 5.37. The van der Waals surface area contributed by atoms with Crippen molar-refractivity contribution in [1.29, 1.82) is 0 Å². The standard InChI is InChI=1S/C17H17ClN2O3/c1-11(16(21)20-15-5-3-4-13(18)10-15)19-14-8-6-12(7-9-14)17(22)23-2/h3-11,19H,1-2H3,(H,20,21)/t11-/m1/s1. The van der Waals surface area contributed by atoms with Crippen molar-refractivity contribution in [2.45, 2.75) is 13.0 Å². The van der Waals surface area contributed by atoms with Crippen molar-refractivity contribution in [3.05, 3.63) is 59.1 Å². The van der Waals surface area contributed by atoms with E-state index in [4.69, 9.17) is 11.6 Å². The first-order chi connectivity index (χ1) is 11.0. The van der Waals surface area contributed by atoms with Crippen molar-refractivity contribution in [3.8, 4) is 0 Å². The zero-order chi connectivity index (χ0) is 16.8. The lowest BCUT2D eigenvalue weighted by Gasteiger charge is -2.15. The molecule has 120 valence electrons. The van der Waals surface area contributed by atoms with Crippen molar-refractivity contribution in [2.24, 2.45) is 0 Å². The predicted octanol–water partition coefficient (Wildman–Crippen LogP) is 3.57. The van der Waals surface area contributed by atoms with Gasteiger partial charge in [0.2, 0.25) is 5.91 Å². The number of ether oxygens (including phenoxy) is 1. The molecule has 0 unspecified atom stereocenters. The predicted molar refractivity (Wildman–Crippen MR) is 90.9 cm³/mol. The van der Waals surface area contributed by atoms with Crippen LogP contribution in [-0.4, -0.2) is 25.0 Å². The second-order valence-electron chi connectivity index (χ2n) is 4.93. The van der Waals surface area contributed by atoms with Crippen LogP contribution in [0, 0.1) is 0 Å². The maximum Gasteiger partial charge on any atom is 0.337 e. The molecule has 0 radical (unpaired) electrons. The minimum absolute atomic E-state index is 0.190. The van der Waals surface area contributed by atoms with Crippen LogP contribution in [0.15, 0.2) is 48.5 Å². The highest BCUT2D eigenvalue weighted by Gasteiger charge is 2.13. The Hall–Kier alpha value is -2.53. The van der Waals surface area contributed by atoms with Gasteiger partial charge in [0.15, 0.2) is 0 Å². The summed E-state index contributed by atoms with van der Waals surface area (Å²) >= 11 is 5.89. The smallest absolute Gasteiger partial charge is 0.337 e. The number of benzene rings is 2. The molecule has 2 rings (SSSR count). The van der Waals surface area contributed by atoms with Crippen LogP contribution in [0.1, 0.15) is 17.3 Å². The first kappa shape index (κ1) is 16.8. The molecule has 0 aliphatic heterocycles. The molecule has 0 fully saturated rings. The third kappa shape index (κ3) is 4.72. The van der Waals surface area contributed by atoms with Gasteiger partial charge in [-0.3, -0.25) is 4.79 Å². The average Bonchev–Trinajstić information content (AvgIpc) is 2.54. The van der Waals surface area contributed by atoms with Gasteiger partial charge in [-0.25, -0.2) is 4.79 Å². The van der Waals surface area contributed by atoms with Crippen molar-refractivity contribution in [2.75, 3.05) is 17.7 Å². The molecule has 5 nitrogen and oxygen atoms in total. The highest BCUT2D eigenvalue weighted by molar-refractivity contribution is 6.30. The molecule has 0 spiro atoms. The van der Waals surface area contributed by atoms with Crippen LogP contribution in [0.25, 0.3) is 0 Å². The van der Waals surface area contributed by atoms with E-state index in [2.05, 4.69) is 15.4 Å². The zero-order valence-electron chi connectivity index (χ0n) is 12.8. The van der Waals surface area contributed by atoms with Crippen LogP contribution in [0.2, 0.25) is 5.02 Å². The van der Waals surface area contributed by atoms with Crippen LogP contribution >= 0.6 is 11.6 Å². The lowest BCUT2D eigenvalue weighted by molar-refractivity contribution is -0.116. The van der Waals surface area contributed by atoms with Crippen LogP contribution in [-0.2, 0) is 9.53 Å². The molecule has 0 heterocycles. The number of methoxy groups -OCH3 is 1. The Morgan fingerprint density at radius 1 is 1.09 bits per heavy atom. The van der Waals surface area contributed by atoms with E-state index in [9.17, 15) is 9.59 Å². The maximum absolute atomic E-state index is 12.2. The van der Waals surface area contributed by atoms with Crippen LogP contribution in [0.4, 0.5) is 11.4 Å². The first-order valence-corrected chi connectivity index (χ1v) is 7.39. The number of halogens is 1. The van der Waals surface area contributed by atoms with Crippen molar-refractivity contribution >= 4 is 34.9 Å². The second kappa shape index (κ2) is 7.65. The Morgan fingerprint density at radius 3 is 2.39 bits per heavy atom. The number of amides is 1. The fourth-order valence-electron chi connectivity index (χ4n) is 1.95. The summed E-state index contributed by atoms with van der Waals surface area (Å²) in [6.45, 7) is 1.74. The Balaban J connectivity index is 1.96. The highest BCUT2D eigenvalue weighted by atomic mass is 35.5. The molecule has 0 saturated heterocycles. The number of esters is 1. The van der Waals surface area contributed by atoms with Crippen LogP contribution in [0.3, 0.4) is 0 Å². The normalized spacial score (nSPS) is 11.4. The molecule has 1 amide bonds. The number of carbonyl (C=O) groups is 2. The third-order valence-electron chi connectivity index (χ3n) is 3.17. The Kier molecular flexibility index (Phi) is 5.60. The maximum atomic E-state index is 12.2. The number of carbonyl (C=O) groups excluding carboxylic acids is 2. The molecule has 1 atom stereocenters. The van der Waals surface area contributed by atoms with Gasteiger partial charge in [0.25, 0.3) is 0 Å². The van der Waals surface area contributed by atoms with E-state index in [1.165, 1.54) is 7.11 Å². The van der Waals surface area contributed by atoms with E-state index in [0.29, 0.717) is 16.3 Å². The largest absolute Gasteiger partial charge is 0.465 e. The lowest BCUT2D eigenvalue weighted by Crippen LogP contribution is -2.31. The van der Waals surface area contributed by atoms with Gasteiger partial charge in [0, 0.05) is 16.4 Å². The summed E-state index contributed by atoms with van der Waals surface area (Å²) in [5.41, 5.74) is 1.82. The van der Waals surface area contributed by atoms with E-state index in [-0.39, 0.29) is 5.91 Å². The summed E-state index contributed by atoms with van der Waals surface area (Å²) in [4.78, 5) is 23.5. The van der Waals surface area contributed by atoms with Crippen LogP contribution in [0.5, 0.6) is 0 Å². The Bertz CT molecular complexity index is 701. The van der Waals surface area contributed by atoms with Crippen LogP contribution < -0.4 is 10.6 Å². The van der Waals surface area contributed by atoms with Gasteiger partial charge in [-0.2, -0.15) is 0 Å². The summed E-state index contributed by atoms with van der Waals surface area (Å²) in [5.74, 6) is -0.590. The minimum Gasteiger partial charge on any atom is -0.465 e. The van der Waals surface area contributed by atoms with E-state index in [0.717, 1.165) is 5.69 Å². The Labute approximate surface area is 139 Å². The summed E-state index contributed by atoms with van der Waals surface area (Å²) in [5, 5.41) is 6.40. The highest BCUT2D eigenvalue weighted by Crippen LogP contribution is 2.16. The minimum atomic E-state index is -0.460. The third-order valence-corrected chi connectivity index (χ3v) is 3.41. The van der Waals surface area contributed by atoms with Crippen molar-refractivity contribution < 1.29 is 14.3 Å². The van der Waals surface area contributed by atoms with Gasteiger partial charge in [-0.1, -0.05) is 17.7 Å². The molecule has 23 heavy (non-hydrogen) atoms. The summed E-state index contributed by atoms with van der Waals surface area (Å²) in [6, 6.07) is 13.2. The zero-order valence-corrected chi connectivity index (χ0v) is 13.6. The monoisotopic (exact) mass is 332 g/mol. The SMILES string of the molecule is COC(=O)c1ccc(N[C@H](C)C(=O)Nc2cccc(Cl)c2)cc1. The number of hydrogen-bond donors (Lipinski definition) is 2. The van der Waals surface area contributed by atoms with Gasteiger partial charge < -0.3 is 15.4 Å². The van der Waals surface area contributed by atoms with Gasteiger partial charge in [-0.05, 0) is 49.4 Å². The van der Waals surface area contributed by atoms with E-state index in [1.54, 1.807) is 55.5 Å². The molecule has 0 saturated carbocycles. The molecular formula is C17H17ClN2O3. The molecule has 2 aromatic rings. The number of anilines is 2. The summed E-state index contributed by atoms with van der Waals surface area (Å²) in [6.07, 6.45) is 0. The molecule has 6 heteroatoms. The fourth-order valence-corrected chi connectivity index (χ4v) is 2.14. The van der Waals surface area contributed by atoms with E-state index < -0.39 is 12.0 Å². The lowest BCUT2D eigenvalue weighted by atomic mass is 10.2. The quantitative estimate of drug-likeness (QED) is 0.821. The van der Waals surface area contributed by atoms with Gasteiger partial charge in [-0.15, -0.1) is 0 Å². The Morgan fingerprint density at radius 2 is 1.78 bits per heavy atom. The van der Waals surface area contributed by atoms with Gasteiger partial charge >= 0.3 is 5.97 Å². The fraction of sp³-hybridized carbons (Fsp3) is 0.176. The van der Waals surface area contributed by atoms with Gasteiger partial charge in [0.1, 0.15) is 6.04 Å². The van der Waals surface area contributed by atoms with Crippen molar-refractivity contribution in [1.82, 2.24) is 0 Å². The number of rotatable bonds is 5. The molecule has 0 aliphatic rings.